The Morgan fingerprint density at radius 3 is 0.711 bits per heavy atom. The van der Waals surface area contributed by atoms with Crippen LogP contribution >= 0.6 is 0 Å². The highest BCUT2D eigenvalue weighted by atomic mass is 16.9. The summed E-state index contributed by atoms with van der Waals surface area (Å²) in [6, 6.07) is 0. The van der Waals surface area contributed by atoms with Crippen molar-refractivity contribution in [1.29, 1.82) is 0 Å². The number of esters is 2. The van der Waals surface area contributed by atoms with Crippen LogP contribution in [0.25, 0.3) is 0 Å². The maximum absolute atomic E-state index is 14.4. The lowest BCUT2D eigenvalue weighted by Gasteiger charge is -2.49. The predicted octanol–water partition coefficient (Wildman–Crippen LogP) is 16.4. The van der Waals surface area contributed by atoms with Gasteiger partial charge in [-0.3, -0.25) is 9.59 Å². The summed E-state index contributed by atoms with van der Waals surface area (Å²) in [4.78, 5) is 28.9. The van der Waals surface area contributed by atoms with E-state index in [9.17, 15) is 9.59 Å². The highest BCUT2D eigenvalue weighted by molar-refractivity contribution is 5.70. The third-order valence-corrected chi connectivity index (χ3v) is 13.6. The van der Waals surface area contributed by atoms with E-state index in [1.54, 1.807) is 0 Å². The normalized spacial score (nSPS) is 13.4. The van der Waals surface area contributed by atoms with Gasteiger partial charge in [0, 0.05) is 26.1 Å². The van der Waals surface area contributed by atoms with Gasteiger partial charge < -0.3 is 56.8 Å². The first-order chi connectivity index (χ1) is 37.0. The summed E-state index contributed by atoms with van der Waals surface area (Å²) < 4.78 is 81.1. The van der Waals surface area contributed by atoms with Crippen molar-refractivity contribution in [2.45, 2.75) is 324 Å². The van der Waals surface area contributed by atoms with E-state index in [0.717, 1.165) is 154 Å². The van der Waals surface area contributed by atoms with Crippen LogP contribution in [0.15, 0.2) is 0 Å². The van der Waals surface area contributed by atoms with Crippen LogP contribution in [0.1, 0.15) is 289 Å². The third kappa shape index (κ3) is 28.8. The van der Waals surface area contributed by atoms with Crippen LogP contribution in [0.3, 0.4) is 0 Å². The maximum atomic E-state index is 14.4. The van der Waals surface area contributed by atoms with Crippen LogP contribution in [0.2, 0.25) is 0 Å². The second-order valence-corrected chi connectivity index (χ2v) is 20.5. The lowest BCUT2D eigenvalue weighted by Crippen LogP contribution is -2.69. The highest BCUT2D eigenvalue weighted by Crippen LogP contribution is 2.43. The smallest absolute Gasteiger partial charge is 0.389 e. The van der Waals surface area contributed by atoms with Gasteiger partial charge in [-0.1, -0.05) is 185 Å². The molecule has 0 saturated carbocycles. The number of hydrogen-bond acceptors (Lipinski definition) is 14. The predicted molar refractivity (Wildman–Crippen MR) is 306 cm³/mol. The van der Waals surface area contributed by atoms with E-state index in [2.05, 4.69) is 55.4 Å². The molecule has 0 radical (unpaired) electrons. The van der Waals surface area contributed by atoms with Gasteiger partial charge in [-0.15, -0.1) is 0 Å². The van der Waals surface area contributed by atoms with Crippen LogP contribution in [-0.4, -0.2) is 114 Å². The molecule has 0 aliphatic rings. The number of hydrogen-bond donors (Lipinski definition) is 0. The summed E-state index contributed by atoms with van der Waals surface area (Å²) in [6.07, 6.45) is 23.9. The van der Waals surface area contributed by atoms with Gasteiger partial charge in [0.1, 0.15) is 12.2 Å². The fourth-order valence-electron chi connectivity index (χ4n) is 9.18. The lowest BCUT2D eigenvalue weighted by atomic mass is 10.0. The fraction of sp³-hybridized carbons (Fsp3) is 0.968. The van der Waals surface area contributed by atoms with Crippen molar-refractivity contribution in [2.24, 2.45) is 0 Å². The minimum absolute atomic E-state index is 0.0966. The molecule has 2 unspecified atom stereocenters. The van der Waals surface area contributed by atoms with Gasteiger partial charge in [-0.2, -0.15) is 0 Å². The Hall–Kier alpha value is -1.46. The van der Waals surface area contributed by atoms with E-state index in [1.165, 1.54) is 0 Å². The van der Waals surface area contributed by atoms with Gasteiger partial charge in [0.2, 0.25) is 0 Å². The molecule has 0 N–H and O–H groups in total. The van der Waals surface area contributed by atoms with Gasteiger partial charge in [-0.25, -0.2) is 0 Å². The average Bonchev–Trinajstić information content (AvgIpc) is 3.42. The molecule has 2 atom stereocenters. The van der Waals surface area contributed by atoms with Crippen molar-refractivity contribution in [1.82, 2.24) is 0 Å². The zero-order valence-corrected chi connectivity index (χ0v) is 51.6. The molecule has 14 nitrogen and oxygen atoms in total. The standard InChI is InChI=1S/C62H122O14/c1-13-25-37-47-67-59(55(21-9)65-23-11,68-48-38-26-14-2)61(71-51-41-29-17-5,72-52-42-30-18-6)75-57(63)45-35-33-34-36-46-58(64)76-62(73-53-43-31-19-7,74-54-44-32-20-8)60(56(22-10)66-24-12,69-49-39-27-15-3)70-50-40-28-16-4/h55-56H,13-54H2,1-12H3. The van der Waals surface area contributed by atoms with Crippen LogP contribution in [0, 0.1) is 0 Å². The molecule has 454 valence electrons. The summed E-state index contributed by atoms with van der Waals surface area (Å²) in [5.74, 6) is -8.40. The maximum Gasteiger partial charge on any atom is 0.389 e. The second kappa shape index (κ2) is 49.4. The quantitative estimate of drug-likeness (QED) is 0.0323. The first kappa shape index (κ1) is 74.5. The molecule has 0 spiro atoms. The molecular weight excluding hydrogens is 969 g/mol. The molecule has 0 heterocycles. The lowest BCUT2D eigenvalue weighted by molar-refractivity contribution is -0.502. The zero-order valence-electron chi connectivity index (χ0n) is 51.6. The Kier molecular flexibility index (Phi) is 48.4. The molecule has 0 bridgehead atoms. The Morgan fingerprint density at radius 1 is 0.289 bits per heavy atom. The first-order valence-electron chi connectivity index (χ1n) is 31.8. The molecule has 76 heavy (non-hydrogen) atoms. The average molecular weight is 1090 g/mol. The van der Waals surface area contributed by atoms with E-state index in [1.807, 2.05) is 27.7 Å². The van der Waals surface area contributed by atoms with Gasteiger partial charge in [0.25, 0.3) is 11.6 Å². The summed E-state index contributed by atoms with van der Waals surface area (Å²) in [6.45, 7) is 28.5. The molecule has 0 amide bonds. The molecule has 0 aromatic rings. The largest absolute Gasteiger partial charge is 0.403 e. The van der Waals surface area contributed by atoms with Crippen LogP contribution in [0.4, 0.5) is 0 Å². The third-order valence-electron chi connectivity index (χ3n) is 13.6. The second-order valence-electron chi connectivity index (χ2n) is 20.5. The molecule has 0 aliphatic heterocycles. The van der Waals surface area contributed by atoms with E-state index in [4.69, 9.17) is 56.8 Å². The van der Waals surface area contributed by atoms with Gasteiger partial charge in [-0.05, 0) is 90.9 Å². The SMILES string of the molecule is CCCCCOC(OCCCCC)(OC(=O)CCCCCCC(=O)OC(OCCCCC)(OCCCCC)C(OCCCCC)(OCCCCC)C(CC)OCC)C(OCCCCC)(OCCCCC)C(CC)OCC. The minimum Gasteiger partial charge on any atom is -0.403 e. The summed E-state index contributed by atoms with van der Waals surface area (Å²) in [5, 5.41) is 0. The van der Waals surface area contributed by atoms with Gasteiger partial charge in [0.05, 0.1) is 52.9 Å². The van der Waals surface area contributed by atoms with E-state index in [0.29, 0.717) is 78.2 Å². The van der Waals surface area contributed by atoms with Crippen LogP contribution in [0.5, 0.6) is 0 Å². The molecule has 0 aromatic heterocycles. The summed E-state index contributed by atoms with van der Waals surface area (Å²) >= 11 is 0. The number of carbonyl (C=O) groups is 2. The van der Waals surface area contributed by atoms with Crippen molar-refractivity contribution in [3.8, 4) is 0 Å². The summed E-state index contributed by atoms with van der Waals surface area (Å²) in [5.41, 5.74) is 0. The highest BCUT2D eigenvalue weighted by Gasteiger charge is 2.67. The number of carbonyl (C=O) groups excluding carboxylic acids is 2. The zero-order chi connectivity index (χ0) is 56.5. The van der Waals surface area contributed by atoms with Crippen LogP contribution in [-0.2, 0) is 66.4 Å². The minimum atomic E-state index is -2.03. The van der Waals surface area contributed by atoms with Crippen LogP contribution < -0.4 is 0 Å². The topological polar surface area (TPSA) is 145 Å². The van der Waals surface area contributed by atoms with Gasteiger partial charge in [0.15, 0.2) is 0 Å². The molecule has 0 aromatic carbocycles. The first-order valence-corrected chi connectivity index (χ1v) is 31.8. The van der Waals surface area contributed by atoms with Crippen molar-refractivity contribution in [3.05, 3.63) is 0 Å². The number of unbranched alkanes of at least 4 members (excludes halogenated alkanes) is 19. The molecule has 14 heteroatoms. The molecule has 0 rings (SSSR count). The Morgan fingerprint density at radius 2 is 0.513 bits per heavy atom. The van der Waals surface area contributed by atoms with E-state index in [-0.39, 0.29) is 39.3 Å². The van der Waals surface area contributed by atoms with E-state index < -0.39 is 47.7 Å². The van der Waals surface area contributed by atoms with E-state index >= 15 is 0 Å². The Labute approximate surface area is 467 Å². The van der Waals surface area contributed by atoms with Crippen molar-refractivity contribution in [2.75, 3.05) is 66.1 Å². The van der Waals surface area contributed by atoms with Crippen molar-refractivity contribution >= 4 is 11.9 Å². The van der Waals surface area contributed by atoms with Gasteiger partial charge >= 0.3 is 23.9 Å². The Balaban J connectivity index is 7.05. The summed E-state index contributed by atoms with van der Waals surface area (Å²) in [7, 11) is 0. The molecule has 0 fully saturated rings. The molecular formula is C62H122O14. The molecule has 0 aliphatic carbocycles. The Bertz CT molecular complexity index is 1160. The fourth-order valence-corrected chi connectivity index (χ4v) is 9.18. The molecule has 0 saturated heterocycles. The number of rotatable bonds is 59. The van der Waals surface area contributed by atoms with Crippen molar-refractivity contribution in [3.63, 3.8) is 0 Å². The number of ether oxygens (including phenoxy) is 12. The van der Waals surface area contributed by atoms with Crippen molar-refractivity contribution < 1.29 is 66.4 Å². The monoisotopic (exact) mass is 1090 g/mol.